The monoisotopic (exact) mass is 431 g/mol. The summed E-state index contributed by atoms with van der Waals surface area (Å²) in [5.41, 5.74) is 4.44. The number of halogens is 2. The minimum absolute atomic E-state index is 0.0277. The maximum absolute atomic E-state index is 12.2. The molecule has 0 spiro atoms. The summed E-state index contributed by atoms with van der Waals surface area (Å²) in [7, 11) is 0. The Morgan fingerprint density at radius 2 is 2.03 bits per heavy atom. The predicted molar refractivity (Wildman–Crippen MR) is 113 cm³/mol. The number of nitrogens with one attached hydrogen (secondary N) is 2. The molecule has 1 aliphatic heterocycles. The molecule has 0 saturated heterocycles. The number of carbonyl (C=O) groups excluding carboxylic acids is 2. The van der Waals surface area contributed by atoms with E-state index in [-0.39, 0.29) is 18.3 Å². The van der Waals surface area contributed by atoms with Crippen molar-refractivity contribution in [1.82, 2.24) is 5.32 Å². The number of phenols is 1. The fraction of sp³-hybridized carbons (Fsp3) is 0.286. The Bertz CT molecular complexity index is 1040. The summed E-state index contributed by atoms with van der Waals surface area (Å²) >= 11 is 13.0. The van der Waals surface area contributed by atoms with Gasteiger partial charge in [0.15, 0.2) is 5.84 Å². The minimum atomic E-state index is -0.527. The molecule has 1 unspecified atom stereocenters. The molecule has 0 fully saturated rings. The Hall–Kier alpha value is -2.57. The molecule has 29 heavy (non-hydrogen) atoms. The Morgan fingerprint density at radius 3 is 2.69 bits per heavy atom. The summed E-state index contributed by atoms with van der Waals surface area (Å²) in [5.74, 6) is -0.211. The number of rotatable bonds is 4. The van der Waals surface area contributed by atoms with Crippen molar-refractivity contribution in [2.45, 2.75) is 32.1 Å². The highest BCUT2D eigenvalue weighted by molar-refractivity contribution is 6.46. The van der Waals surface area contributed by atoms with E-state index in [1.807, 2.05) is 6.07 Å². The molecule has 1 aliphatic carbocycles. The van der Waals surface area contributed by atoms with Crippen molar-refractivity contribution in [2.24, 2.45) is 4.99 Å². The highest BCUT2D eigenvalue weighted by Crippen LogP contribution is 2.42. The number of amidine groups is 1. The average Bonchev–Trinajstić information content (AvgIpc) is 3.27. The highest BCUT2D eigenvalue weighted by Gasteiger charge is 2.25. The standard InChI is InChI=1S/C21H19Cl2N3O3/c1-10-2-4-13-11(3-5-17(27)19(10)13)6-14-15(22)7-12(8-16(14)23)25-21(29)20-24-9-18(28)26-20/h3,5,7-8,10,27H,2,4,6,9H2,1H3,(H,25,29)(H,24,26,28). The summed E-state index contributed by atoms with van der Waals surface area (Å²) in [6.07, 6.45) is 2.45. The van der Waals surface area contributed by atoms with Gasteiger partial charge in [-0.15, -0.1) is 0 Å². The van der Waals surface area contributed by atoms with Gasteiger partial charge in [0, 0.05) is 27.7 Å². The minimum Gasteiger partial charge on any atom is -0.508 e. The van der Waals surface area contributed by atoms with Crippen LogP contribution in [0.1, 0.15) is 41.5 Å². The quantitative estimate of drug-likeness (QED) is 0.687. The van der Waals surface area contributed by atoms with Crippen LogP contribution in [0.3, 0.4) is 0 Å². The number of phenolic OH excluding ortho intramolecular Hbond substituents is 1. The van der Waals surface area contributed by atoms with E-state index in [0.29, 0.717) is 33.8 Å². The van der Waals surface area contributed by atoms with Crippen LogP contribution in [-0.2, 0) is 22.4 Å². The number of hydrogen-bond donors (Lipinski definition) is 3. The highest BCUT2D eigenvalue weighted by atomic mass is 35.5. The molecule has 4 rings (SSSR count). The van der Waals surface area contributed by atoms with Crippen molar-refractivity contribution < 1.29 is 14.7 Å². The lowest BCUT2D eigenvalue weighted by Crippen LogP contribution is -2.34. The van der Waals surface area contributed by atoms with Crippen molar-refractivity contribution in [1.29, 1.82) is 0 Å². The van der Waals surface area contributed by atoms with Gasteiger partial charge in [-0.1, -0.05) is 36.2 Å². The van der Waals surface area contributed by atoms with Crippen LogP contribution in [0.2, 0.25) is 10.0 Å². The topological polar surface area (TPSA) is 90.8 Å². The molecule has 1 atom stereocenters. The Balaban J connectivity index is 1.57. The van der Waals surface area contributed by atoms with E-state index in [9.17, 15) is 14.7 Å². The number of hydrogen-bond acceptors (Lipinski definition) is 4. The third-order valence-corrected chi connectivity index (χ3v) is 6.05. The molecular weight excluding hydrogens is 413 g/mol. The molecule has 0 saturated carbocycles. The van der Waals surface area contributed by atoms with E-state index in [1.165, 1.54) is 0 Å². The van der Waals surface area contributed by atoms with Crippen LogP contribution in [0.5, 0.6) is 5.75 Å². The van der Waals surface area contributed by atoms with Gasteiger partial charge in [-0.25, -0.2) is 0 Å². The molecule has 2 amide bonds. The second-order valence-electron chi connectivity index (χ2n) is 7.34. The number of aromatic hydroxyl groups is 1. The van der Waals surface area contributed by atoms with Crippen molar-refractivity contribution in [2.75, 3.05) is 11.9 Å². The molecule has 8 heteroatoms. The second kappa shape index (κ2) is 7.69. The fourth-order valence-electron chi connectivity index (χ4n) is 3.93. The molecule has 2 aliphatic rings. The van der Waals surface area contributed by atoms with Crippen LogP contribution in [0, 0.1) is 0 Å². The van der Waals surface area contributed by atoms with Gasteiger partial charge in [0.05, 0.1) is 0 Å². The van der Waals surface area contributed by atoms with Gasteiger partial charge in [0.1, 0.15) is 12.3 Å². The smallest absolute Gasteiger partial charge is 0.291 e. The summed E-state index contributed by atoms with van der Waals surface area (Å²) in [4.78, 5) is 27.2. The van der Waals surface area contributed by atoms with E-state index in [4.69, 9.17) is 23.2 Å². The first-order chi connectivity index (χ1) is 13.8. The number of nitrogens with zero attached hydrogens (tertiary/aromatic N) is 1. The van der Waals surface area contributed by atoms with Crippen molar-refractivity contribution in [3.05, 3.63) is 56.6 Å². The van der Waals surface area contributed by atoms with Crippen LogP contribution in [0.4, 0.5) is 5.69 Å². The van der Waals surface area contributed by atoms with E-state index < -0.39 is 5.91 Å². The van der Waals surface area contributed by atoms with Crippen LogP contribution < -0.4 is 10.6 Å². The number of benzene rings is 2. The SMILES string of the molecule is CC1CCc2c(Cc3c(Cl)cc(NC(=O)C4=NCC(=O)N4)cc3Cl)ccc(O)c21. The molecule has 6 nitrogen and oxygen atoms in total. The zero-order valence-corrected chi connectivity index (χ0v) is 17.2. The maximum atomic E-state index is 12.2. The summed E-state index contributed by atoms with van der Waals surface area (Å²) < 4.78 is 0. The summed E-state index contributed by atoms with van der Waals surface area (Å²) in [6, 6.07) is 6.89. The largest absolute Gasteiger partial charge is 0.508 e. The number of carbonyl (C=O) groups is 2. The van der Waals surface area contributed by atoms with E-state index in [0.717, 1.165) is 35.1 Å². The zero-order chi connectivity index (χ0) is 20.7. The van der Waals surface area contributed by atoms with Crippen LogP contribution >= 0.6 is 23.2 Å². The van der Waals surface area contributed by atoms with Gasteiger partial charge in [0.2, 0.25) is 5.91 Å². The Labute approximate surface area is 177 Å². The molecule has 2 aromatic carbocycles. The third-order valence-electron chi connectivity index (χ3n) is 5.37. The van der Waals surface area contributed by atoms with Crippen molar-refractivity contribution in [3.63, 3.8) is 0 Å². The second-order valence-corrected chi connectivity index (χ2v) is 8.15. The Kier molecular flexibility index (Phi) is 5.23. The third kappa shape index (κ3) is 3.82. The summed E-state index contributed by atoms with van der Waals surface area (Å²) in [5, 5.41) is 16.1. The van der Waals surface area contributed by atoms with Gasteiger partial charge < -0.3 is 15.7 Å². The first kappa shape index (κ1) is 19.7. The van der Waals surface area contributed by atoms with Crippen LogP contribution in [-0.4, -0.2) is 29.3 Å². The molecule has 1 heterocycles. The molecule has 2 aromatic rings. The van der Waals surface area contributed by atoms with Gasteiger partial charge in [-0.2, -0.15) is 0 Å². The van der Waals surface area contributed by atoms with Crippen molar-refractivity contribution in [3.8, 4) is 5.75 Å². The molecule has 0 radical (unpaired) electrons. The van der Waals surface area contributed by atoms with Crippen LogP contribution in [0.25, 0.3) is 0 Å². The van der Waals surface area contributed by atoms with Gasteiger partial charge in [-0.3, -0.25) is 14.6 Å². The molecule has 0 bridgehead atoms. The normalized spacial score (nSPS) is 17.7. The van der Waals surface area contributed by atoms with Gasteiger partial charge in [-0.05, 0) is 53.6 Å². The van der Waals surface area contributed by atoms with Crippen LogP contribution in [0.15, 0.2) is 29.3 Å². The van der Waals surface area contributed by atoms with E-state index in [2.05, 4.69) is 22.5 Å². The lowest BCUT2D eigenvalue weighted by molar-refractivity contribution is -0.118. The van der Waals surface area contributed by atoms with Gasteiger partial charge >= 0.3 is 0 Å². The maximum Gasteiger partial charge on any atom is 0.291 e. The Morgan fingerprint density at radius 1 is 1.31 bits per heavy atom. The number of anilines is 1. The molecule has 3 N–H and O–H groups in total. The first-order valence-corrected chi connectivity index (χ1v) is 10.1. The zero-order valence-electron chi connectivity index (χ0n) is 15.7. The van der Waals surface area contributed by atoms with E-state index >= 15 is 0 Å². The van der Waals surface area contributed by atoms with Gasteiger partial charge in [0.25, 0.3) is 5.91 Å². The van der Waals surface area contributed by atoms with E-state index in [1.54, 1.807) is 18.2 Å². The predicted octanol–water partition coefficient (Wildman–Crippen LogP) is 3.81. The molecule has 150 valence electrons. The number of amides is 2. The first-order valence-electron chi connectivity index (χ1n) is 9.30. The lowest BCUT2D eigenvalue weighted by Gasteiger charge is -2.15. The fourth-order valence-corrected chi connectivity index (χ4v) is 4.55. The average molecular weight is 432 g/mol. The lowest BCUT2D eigenvalue weighted by atomic mass is 9.94. The molecular formula is C21H19Cl2N3O3. The number of fused-ring (bicyclic) bond motifs is 1. The molecule has 0 aromatic heterocycles. The van der Waals surface area contributed by atoms with Crippen molar-refractivity contribution >= 4 is 46.5 Å². The number of aliphatic imine (C=N–C) groups is 1. The summed E-state index contributed by atoms with van der Waals surface area (Å²) in [6.45, 7) is 2.06.